The summed E-state index contributed by atoms with van der Waals surface area (Å²) in [5, 5.41) is 0. The van der Waals surface area contributed by atoms with Crippen molar-refractivity contribution in [2.45, 2.75) is 12.2 Å². The van der Waals surface area contributed by atoms with Gasteiger partial charge < -0.3 is 19.1 Å². The molecular weight excluding hydrogens is 160 g/mol. The van der Waals surface area contributed by atoms with Crippen molar-refractivity contribution < 1.29 is 19.1 Å². The lowest BCUT2D eigenvalue weighted by Gasteiger charge is -2.09. The minimum absolute atomic E-state index is 0.181. The van der Waals surface area contributed by atoms with Gasteiger partial charge in [-0.2, -0.15) is 0 Å². The van der Waals surface area contributed by atoms with Gasteiger partial charge in [0.1, 0.15) is 12.6 Å². The van der Waals surface area contributed by atoms with E-state index in [-0.39, 0.29) is 24.0 Å². The summed E-state index contributed by atoms with van der Waals surface area (Å²) in [6.45, 7) is 0.784. The summed E-state index contributed by atoms with van der Waals surface area (Å²) in [5.74, 6) is -0.361. The Morgan fingerprint density at radius 3 is 1.67 bits per heavy atom. The zero-order valence-corrected chi connectivity index (χ0v) is 6.51. The third kappa shape index (κ3) is 0.990. The molecule has 0 N–H and O–H groups in total. The Bertz CT molecular complexity index is 181. The van der Waals surface area contributed by atoms with Crippen molar-refractivity contribution in [3.63, 3.8) is 0 Å². The van der Waals surface area contributed by atoms with Gasteiger partial charge in [-0.15, -0.1) is 0 Å². The first-order valence-corrected chi connectivity index (χ1v) is 4.00. The highest BCUT2D eigenvalue weighted by molar-refractivity contribution is 5.59. The van der Waals surface area contributed by atoms with Crippen molar-refractivity contribution >= 4 is 12.6 Å². The van der Waals surface area contributed by atoms with Gasteiger partial charge in [-0.1, -0.05) is 0 Å². The Morgan fingerprint density at radius 1 is 0.917 bits per heavy atom. The number of hydrogen-bond donors (Lipinski definition) is 0. The van der Waals surface area contributed by atoms with Gasteiger partial charge in [0.05, 0.1) is 37.3 Å². The van der Waals surface area contributed by atoms with Crippen LogP contribution in [0.2, 0.25) is 0 Å². The first-order valence-electron chi connectivity index (χ1n) is 4.00. The predicted octanol–water partition coefficient (Wildman–Crippen LogP) is -0.586. The van der Waals surface area contributed by atoms with E-state index in [4.69, 9.17) is 9.47 Å². The molecule has 4 nitrogen and oxygen atoms in total. The summed E-state index contributed by atoms with van der Waals surface area (Å²) in [7, 11) is 0. The van der Waals surface area contributed by atoms with Crippen LogP contribution in [0.3, 0.4) is 0 Å². The average molecular weight is 170 g/mol. The van der Waals surface area contributed by atoms with E-state index in [2.05, 4.69) is 0 Å². The van der Waals surface area contributed by atoms with E-state index >= 15 is 0 Å². The molecule has 2 saturated heterocycles. The van der Waals surface area contributed by atoms with E-state index in [0.717, 1.165) is 12.6 Å². The van der Waals surface area contributed by atoms with Gasteiger partial charge in [0.15, 0.2) is 0 Å². The van der Waals surface area contributed by atoms with Crippen LogP contribution in [0.4, 0.5) is 0 Å². The van der Waals surface area contributed by atoms with Crippen molar-refractivity contribution in [2.24, 2.45) is 11.8 Å². The Morgan fingerprint density at radius 2 is 1.33 bits per heavy atom. The third-order valence-electron chi connectivity index (χ3n) is 2.48. The number of rotatable bonds is 2. The van der Waals surface area contributed by atoms with E-state index in [1.165, 1.54) is 0 Å². The molecule has 0 aromatic heterocycles. The maximum Gasteiger partial charge on any atom is 0.128 e. The van der Waals surface area contributed by atoms with Crippen LogP contribution < -0.4 is 0 Å². The molecule has 2 fully saturated rings. The fourth-order valence-corrected chi connectivity index (χ4v) is 1.79. The van der Waals surface area contributed by atoms with Gasteiger partial charge in [0.2, 0.25) is 0 Å². The molecule has 2 aliphatic heterocycles. The van der Waals surface area contributed by atoms with Crippen LogP contribution in [0.25, 0.3) is 0 Å². The summed E-state index contributed by atoms with van der Waals surface area (Å²) >= 11 is 0. The molecule has 0 saturated carbocycles. The summed E-state index contributed by atoms with van der Waals surface area (Å²) in [6, 6.07) is 0. The van der Waals surface area contributed by atoms with E-state index in [9.17, 15) is 9.59 Å². The van der Waals surface area contributed by atoms with Crippen molar-refractivity contribution in [2.75, 3.05) is 13.2 Å². The highest BCUT2D eigenvalue weighted by atomic mass is 16.6. The van der Waals surface area contributed by atoms with Crippen LogP contribution in [0.1, 0.15) is 0 Å². The second-order valence-electron chi connectivity index (χ2n) is 3.20. The smallest absolute Gasteiger partial charge is 0.128 e. The zero-order valence-electron chi connectivity index (χ0n) is 6.51. The fourth-order valence-electron chi connectivity index (χ4n) is 1.79. The Labute approximate surface area is 69.8 Å². The quantitative estimate of drug-likeness (QED) is 0.520. The van der Waals surface area contributed by atoms with E-state index in [0.29, 0.717) is 13.2 Å². The van der Waals surface area contributed by atoms with Gasteiger partial charge in [-0.25, -0.2) is 0 Å². The van der Waals surface area contributed by atoms with Crippen LogP contribution in [0.5, 0.6) is 0 Å². The number of carbonyl (C=O) groups excluding carboxylic acids is 2. The first-order chi connectivity index (χ1) is 5.86. The molecule has 0 radical (unpaired) electrons. The fraction of sp³-hybridized carbons (Fsp3) is 0.750. The Hall–Kier alpha value is -0.740. The monoisotopic (exact) mass is 170 g/mol. The average Bonchev–Trinajstić information content (AvgIpc) is 2.62. The second kappa shape index (κ2) is 2.95. The minimum atomic E-state index is -0.183. The standard InChI is InChI=1S/C8H10O4/c9-1-5-3-11-8-6(2-10)4-12-7(5)8/h1-2,5-8H,3-4H2/t5-,6-,7+,8+/m0/s1. The Balaban J connectivity index is 2.10. The zero-order chi connectivity index (χ0) is 8.55. The molecular formula is C8H10O4. The normalized spacial score (nSPS) is 45.7. The number of carbonyl (C=O) groups is 2. The highest BCUT2D eigenvalue weighted by Gasteiger charge is 2.47. The number of ether oxygens (including phenoxy) is 2. The van der Waals surface area contributed by atoms with Crippen molar-refractivity contribution in [3.8, 4) is 0 Å². The van der Waals surface area contributed by atoms with Gasteiger partial charge in [-0.3, -0.25) is 0 Å². The Kier molecular flexibility index (Phi) is 1.94. The topological polar surface area (TPSA) is 52.6 Å². The van der Waals surface area contributed by atoms with Gasteiger partial charge >= 0.3 is 0 Å². The van der Waals surface area contributed by atoms with Gasteiger partial charge in [0.25, 0.3) is 0 Å². The van der Waals surface area contributed by atoms with E-state index in [1.54, 1.807) is 0 Å². The molecule has 4 heteroatoms. The lowest BCUT2D eigenvalue weighted by molar-refractivity contribution is -0.114. The molecule has 2 rings (SSSR count). The lowest BCUT2D eigenvalue weighted by Crippen LogP contribution is -2.27. The molecule has 0 amide bonds. The molecule has 0 aromatic rings. The molecule has 12 heavy (non-hydrogen) atoms. The van der Waals surface area contributed by atoms with Crippen molar-refractivity contribution in [3.05, 3.63) is 0 Å². The predicted molar refractivity (Wildman–Crippen MR) is 38.6 cm³/mol. The molecule has 0 aromatic carbocycles. The summed E-state index contributed by atoms with van der Waals surface area (Å²) in [6.07, 6.45) is 1.32. The third-order valence-corrected chi connectivity index (χ3v) is 2.48. The molecule has 2 aliphatic rings. The number of hydrogen-bond acceptors (Lipinski definition) is 4. The van der Waals surface area contributed by atoms with E-state index in [1.807, 2.05) is 0 Å². The molecule has 0 bridgehead atoms. The van der Waals surface area contributed by atoms with Gasteiger partial charge in [-0.05, 0) is 0 Å². The molecule has 2 heterocycles. The van der Waals surface area contributed by atoms with Crippen LogP contribution in [-0.2, 0) is 19.1 Å². The first kappa shape index (κ1) is 7.89. The molecule has 66 valence electrons. The molecule has 0 unspecified atom stereocenters. The molecule has 0 spiro atoms. The second-order valence-corrected chi connectivity index (χ2v) is 3.20. The largest absolute Gasteiger partial charge is 0.374 e. The summed E-state index contributed by atoms with van der Waals surface area (Å²) in [5.41, 5.74) is 0. The maximum absolute atomic E-state index is 10.5. The summed E-state index contributed by atoms with van der Waals surface area (Å²) in [4.78, 5) is 21.0. The number of aldehydes is 2. The molecule has 4 atom stereocenters. The number of fused-ring (bicyclic) bond motifs is 1. The SMILES string of the molecule is O=C[C@H]1CO[C@H]2[C@@H]1OC[C@@H]2C=O. The maximum atomic E-state index is 10.5. The van der Waals surface area contributed by atoms with Crippen molar-refractivity contribution in [1.82, 2.24) is 0 Å². The van der Waals surface area contributed by atoms with Crippen LogP contribution in [0, 0.1) is 11.8 Å². The van der Waals surface area contributed by atoms with Crippen LogP contribution >= 0.6 is 0 Å². The van der Waals surface area contributed by atoms with Gasteiger partial charge in [0, 0.05) is 0 Å². The van der Waals surface area contributed by atoms with E-state index < -0.39 is 0 Å². The lowest BCUT2D eigenvalue weighted by atomic mass is 9.98. The van der Waals surface area contributed by atoms with Crippen LogP contribution in [-0.4, -0.2) is 38.0 Å². The van der Waals surface area contributed by atoms with Crippen LogP contribution in [0.15, 0.2) is 0 Å². The highest BCUT2D eigenvalue weighted by Crippen LogP contribution is 2.32. The minimum Gasteiger partial charge on any atom is -0.374 e. The molecule has 0 aliphatic carbocycles. The summed E-state index contributed by atoms with van der Waals surface area (Å²) < 4.78 is 10.6. The van der Waals surface area contributed by atoms with Crippen molar-refractivity contribution in [1.29, 1.82) is 0 Å².